The van der Waals surface area contributed by atoms with E-state index in [-0.39, 0.29) is 11.6 Å². The average molecular weight is 579 g/mol. The van der Waals surface area contributed by atoms with E-state index in [0.717, 1.165) is 28.0 Å². The predicted molar refractivity (Wildman–Crippen MR) is 146 cm³/mol. The van der Waals surface area contributed by atoms with Crippen LogP contribution >= 0.6 is 15.9 Å². The van der Waals surface area contributed by atoms with Crippen molar-refractivity contribution in [2.45, 2.75) is 33.9 Å². The molecule has 12 heteroatoms. The van der Waals surface area contributed by atoms with Crippen LogP contribution in [0.25, 0.3) is 17.0 Å². The van der Waals surface area contributed by atoms with Crippen molar-refractivity contribution in [1.29, 1.82) is 0 Å². The Balaban J connectivity index is 1.32. The number of aryl methyl sites for hydroxylation is 1. The van der Waals surface area contributed by atoms with E-state index in [2.05, 4.69) is 41.5 Å². The first-order valence-electron chi connectivity index (χ1n) is 12.3. The van der Waals surface area contributed by atoms with Gasteiger partial charge >= 0.3 is 0 Å². The van der Waals surface area contributed by atoms with Gasteiger partial charge in [0.25, 0.3) is 5.91 Å². The number of nitrogens with one attached hydrogen (secondary N) is 1. The molecular weight excluding hydrogens is 552 g/mol. The van der Waals surface area contributed by atoms with Crippen molar-refractivity contribution in [3.05, 3.63) is 70.8 Å². The Labute approximate surface area is 227 Å². The number of ether oxygens (including phenoxy) is 2. The van der Waals surface area contributed by atoms with Crippen LogP contribution in [0.3, 0.4) is 0 Å². The minimum absolute atomic E-state index is 0.233. The van der Waals surface area contributed by atoms with Gasteiger partial charge in [0.15, 0.2) is 22.8 Å². The molecule has 0 spiro atoms. The fourth-order valence-corrected chi connectivity index (χ4v) is 4.53. The van der Waals surface area contributed by atoms with Crippen molar-refractivity contribution in [2.75, 3.05) is 18.5 Å². The van der Waals surface area contributed by atoms with Crippen LogP contribution in [0.1, 0.15) is 36.8 Å². The lowest BCUT2D eigenvalue weighted by Crippen LogP contribution is -2.12. The standard InChI is InChI=1S/C26H27BrN8O3/c1-4-33-16-19(27)25(32-33)21-9-10-28-24-12-20(31-35(21)24)26(36)30-18-13-29-34(15-18)14-17-7-8-22(37-5-2)23(11-17)38-6-3/h7-13,15-16H,4-6,14H2,1-3H3,(H,30,36). The Kier molecular flexibility index (Phi) is 7.40. The molecule has 0 fully saturated rings. The summed E-state index contributed by atoms with van der Waals surface area (Å²) < 4.78 is 17.4. The highest BCUT2D eigenvalue weighted by molar-refractivity contribution is 9.10. The molecule has 0 bridgehead atoms. The zero-order valence-electron chi connectivity index (χ0n) is 21.3. The largest absolute Gasteiger partial charge is 0.490 e. The van der Waals surface area contributed by atoms with Gasteiger partial charge in [0, 0.05) is 31.2 Å². The third-order valence-corrected chi connectivity index (χ3v) is 6.30. The van der Waals surface area contributed by atoms with Crippen LogP contribution in [0.5, 0.6) is 11.5 Å². The molecule has 0 atom stereocenters. The normalized spacial score (nSPS) is 11.2. The van der Waals surface area contributed by atoms with Gasteiger partial charge in [0.05, 0.1) is 41.8 Å². The van der Waals surface area contributed by atoms with Crippen LogP contribution in [0.2, 0.25) is 0 Å². The molecule has 0 aliphatic heterocycles. The highest BCUT2D eigenvalue weighted by atomic mass is 79.9. The maximum atomic E-state index is 13.0. The van der Waals surface area contributed by atoms with Crippen LogP contribution in [0, 0.1) is 0 Å². The zero-order valence-corrected chi connectivity index (χ0v) is 22.8. The number of halogens is 1. The molecule has 4 aromatic heterocycles. The fraction of sp³-hybridized carbons (Fsp3) is 0.269. The number of nitrogens with zero attached hydrogens (tertiary/aromatic N) is 7. The van der Waals surface area contributed by atoms with Gasteiger partial charge in [-0.1, -0.05) is 6.07 Å². The lowest BCUT2D eigenvalue weighted by atomic mass is 10.2. The van der Waals surface area contributed by atoms with Gasteiger partial charge in [-0.05, 0) is 60.5 Å². The molecular formula is C26H27BrN8O3. The summed E-state index contributed by atoms with van der Waals surface area (Å²) in [6, 6.07) is 9.26. The molecule has 0 saturated carbocycles. The molecule has 0 saturated heterocycles. The first-order valence-corrected chi connectivity index (χ1v) is 13.1. The number of aromatic nitrogens is 7. The lowest BCUT2D eigenvalue weighted by molar-refractivity contribution is 0.102. The summed E-state index contributed by atoms with van der Waals surface area (Å²) in [5.74, 6) is 1.04. The maximum Gasteiger partial charge on any atom is 0.276 e. The number of anilines is 1. The molecule has 4 heterocycles. The number of hydrogen-bond donors (Lipinski definition) is 1. The number of amides is 1. The van der Waals surface area contributed by atoms with E-state index in [1.807, 2.05) is 55.9 Å². The molecule has 0 aliphatic carbocycles. The summed E-state index contributed by atoms with van der Waals surface area (Å²) in [6.07, 6.45) is 6.95. The minimum Gasteiger partial charge on any atom is -0.490 e. The zero-order chi connectivity index (χ0) is 26.6. The molecule has 0 unspecified atom stereocenters. The minimum atomic E-state index is -0.362. The Morgan fingerprint density at radius 1 is 1.00 bits per heavy atom. The van der Waals surface area contributed by atoms with E-state index in [4.69, 9.17) is 9.47 Å². The first kappa shape index (κ1) is 25.5. The molecule has 196 valence electrons. The summed E-state index contributed by atoms with van der Waals surface area (Å²) in [5.41, 5.74) is 3.77. The summed E-state index contributed by atoms with van der Waals surface area (Å²) in [6.45, 7) is 8.23. The molecule has 0 aliphatic rings. The topological polar surface area (TPSA) is 113 Å². The van der Waals surface area contributed by atoms with E-state index >= 15 is 0 Å². The molecule has 38 heavy (non-hydrogen) atoms. The number of carbonyl (C=O) groups excluding carboxylic acids is 1. The predicted octanol–water partition coefficient (Wildman–Crippen LogP) is 4.67. The summed E-state index contributed by atoms with van der Waals surface area (Å²) in [5, 5.41) is 16.3. The summed E-state index contributed by atoms with van der Waals surface area (Å²) in [7, 11) is 0. The van der Waals surface area contributed by atoms with Crippen LogP contribution in [-0.2, 0) is 13.1 Å². The van der Waals surface area contributed by atoms with Crippen molar-refractivity contribution in [3.8, 4) is 22.9 Å². The SMILES string of the molecule is CCOc1ccc(Cn2cc(NC(=O)c3cc4nccc(-c5nn(CC)cc5Br)n4n3)cn2)cc1OCC. The van der Waals surface area contributed by atoms with Crippen LogP contribution in [0.15, 0.2) is 59.6 Å². The molecule has 1 amide bonds. The molecule has 5 rings (SSSR count). The highest BCUT2D eigenvalue weighted by Gasteiger charge is 2.18. The Hall–Kier alpha value is -4.19. The van der Waals surface area contributed by atoms with Crippen molar-refractivity contribution in [1.82, 2.24) is 34.2 Å². The average Bonchev–Trinajstić information content (AvgIpc) is 3.64. The van der Waals surface area contributed by atoms with Crippen molar-refractivity contribution in [3.63, 3.8) is 0 Å². The number of carbonyl (C=O) groups is 1. The van der Waals surface area contributed by atoms with Gasteiger partial charge in [0.2, 0.25) is 0 Å². The molecule has 1 N–H and O–H groups in total. The second-order valence-corrected chi connectivity index (χ2v) is 9.19. The molecule has 0 radical (unpaired) electrons. The molecule has 11 nitrogen and oxygen atoms in total. The Morgan fingerprint density at radius 3 is 2.58 bits per heavy atom. The quantitative estimate of drug-likeness (QED) is 0.256. The molecule has 5 aromatic rings. The monoisotopic (exact) mass is 578 g/mol. The lowest BCUT2D eigenvalue weighted by Gasteiger charge is -2.12. The molecule has 1 aromatic carbocycles. The van der Waals surface area contributed by atoms with Crippen LogP contribution < -0.4 is 14.8 Å². The Morgan fingerprint density at radius 2 is 1.82 bits per heavy atom. The van der Waals surface area contributed by atoms with Gasteiger partial charge in [0.1, 0.15) is 5.69 Å². The van der Waals surface area contributed by atoms with E-state index in [9.17, 15) is 4.79 Å². The maximum absolute atomic E-state index is 13.0. The van der Waals surface area contributed by atoms with E-state index < -0.39 is 0 Å². The van der Waals surface area contributed by atoms with E-state index in [0.29, 0.717) is 42.6 Å². The second-order valence-electron chi connectivity index (χ2n) is 8.34. The Bertz CT molecular complexity index is 1590. The van der Waals surface area contributed by atoms with Gasteiger partial charge < -0.3 is 14.8 Å². The fourth-order valence-electron chi connectivity index (χ4n) is 4.01. The highest BCUT2D eigenvalue weighted by Crippen LogP contribution is 2.29. The van der Waals surface area contributed by atoms with Crippen molar-refractivity contribution < 1.29 is 14.3 Å². The van der Waals surface area contributed by atoms with E-state index in [1.165, 1.54) is 0 Å². The van der Waals surface area contributed by atoms with Crippen molar-refractivity contribution >= 4 is 33.2 Å². The van der Waals surface area contributed by atoms with Gasteiger partial charge in [-0.25, -0.2) is 9.50 Å². The number of benzene rings is 1. The van der Waals surface area contributed by atoms with Crippen LogP contribution in [0.4, 0.5) is 5.69 Å². The van der Waals surface area contributed by atoms with Crippen molar-refractivity contribution in [2.24, 2.45) is 0 Å². The van der Waals surface area contributed by atoms with Crippen LogP contribution in [-0.4, -0.2) is 53.3 Å². The number of hydrogen-bond acceptors (Lipinski definition) is 7. The van der Waals surface area contributed by atoms with Gasteiger partial charge in [-0.2, -0.15) is 15.3 Å². The third-order valence-electron chi connectivity index (χ3n) is 5.72. The number of rotatable bonds is 10. The smallest absolute Gasteiger partial charge is 0.276 e. The van der Waals surface area contributed by atoms with Gasteiger partial charge in [-0.15, -0.1) is 0 Å². The first-order chi connectivity index (χ1) is 18.5. The second kappa shape index (κ2) is 11.1. The number of fused-ring (bicyclic) bond motifs is 1. The van der Waals surface area contributed by atoms with E-state index in [1.54, 1.807) is 33.9 Å². The third kappa shape index (κ3) is 5.25. The summed E-state index contributed by atoms with van der Waals surface area (Å²) in [4.78, 5) is 17.4. The summed E-state index contributed by atoms with van der Waals surface area (Å²) >= 11 is 3.56. The van der Waals surface area contributed by atoms with Gasteiger partial charge in [-0.3, -0.25) is 14.2 Å².